The number of hydrogen-bond donors (Lipinski definition) is 0. The van der Waals surface area contributed by atoms with Crippen LogP contribution in [0.25, 0.3) is 82.5 Å². The zero-order valence-corrected chi connectivity index (χ0v) is 27.8. The minimum atomic E-state index is 0.0172. The summed E-state index contributed by atoms with van der Waals surface area (Å²) in [6, 6.07) is 49.3. The van der Waals surface area contributed by atoms with Crippen LogP contribution in [0.1, 0.15) is 17.5 Å². The lowest BCUT2D eigenvalue weighted by atomic mass is 9.96. The van der Waals surface area contributed by atoms with Crippen LogP contribution in [0.4, 0.5) is 0 Å². The topological polar surface area (TPSA) is 94.4 Å². The molecule has 0 atom stereocenters. The molecule has 9 rings (SSSR count). The molecule has 0 aliphatic rings. The van der Waals surface area contributed by atoms with Gasteiger partial charge in [0.2, 0.25) is 0 Å². The van der Waals surface area contributed by atoms with Crippen molar-refractivity contribution in [3.8, 4) is 23.9 Å². The monoisotopic (exact) mass is 665 g/mol. The summed E-state index contributed by atoms with van der Waals surface area (Å²) < 4.78 is 10.5. The number of fused-ring (bicyclic) bond motifs is 9. The summed E-state index contributed by atoms with van der Waals surface area (Å²) in [5, 5.41) is 37.6. The minimum Gasteiger partial charge on any atom is -0.456 e. The first-order chi connectivity index (χ1) is 25.6. The van der Waals surface area contributed by atoms with Crippen molar-refractivity contribution in [2.24, 2.45) is 0 Å². The van der Waals surface area contributed by atoms with Crippen LogP contribution in [-0.4, -0.2) is 9.13 Å². The lowest BCUT2D eigenvalue weighted by Crippen LogP contribution is -2.04. The van der Waals surface area contributed by atoms with Crippen LogP contribution >= 0.6 is 0 Å². The highest BCUT2D eigenvalue weighted by Gasteiger charge is 2.23. The number of furan rings is 1. The molecule has 0 saturated carbocycles. The lowest BCUT2D eigenvalue weighted by Gasteiger charge is -2.18. The van der Waals surface area contributed by atoms with Crippen LogP contribution in [0.5, 0.6) is 0 Å². The first-order valence-corrected chi connectivity index (χ1v) is 16.9. The molecule has 0 aliphatic carbocycles. The highest BCUT2D eigenvalue weighted by Crippen LogP contribution is 2.42. The molecule has 3 heterocycles. The van der Waals surface area contributed by atoms with E-state index in [4.69, 9.17) is 4.42 Å². The number of nitrogens with zero attached hydrogens (tertiary/aromatic N) is 5. The zero-order chi connectivity index (χ0) is 35.3. The van der Waals surface area contributed by atoms with Crippen molar-refractivity contribution in [1.29, 1.82) is 15.8 Å². The third kappa shape index (κ3) is 4.48. The molecule has 9 aromatic rings. The molecule has 6 nitrogen and oxygen atoms in total. The highest BCUT2D eigenvalue weighted by molar-refractivity contribution is 6.18. The van der Waals surface area contributed by atoms with Gasteiger partial charge in [-0.3, -0.25) is 0 Å². The van der Waals surface area contributed by atoms with E-state index in [9.17, 15) is 15.8 Å². The number of hydrogen-bond acceptors (Lipinski definition) is 4. The number of benzene rings is 6. The predicted molar refractivity (Wildman–Crippen MR) is 209 cm³/mol. The maximum Gasteiger partial charge on any atom is 0.137 e. The molecule has 0 amide bonds. The second kappa shape index (κ2) is 12.1. The van der Waals surface area contributed by atoms with Crippen LogP contribution in [-0.2, 0) is 0 Å². The van der Waals surface area contributed by atoms with E-state index in [1.54, 1.807) is 12.1 Å². The summed E-state index contributed by atoms with van der Waals surface area (Å²) in [6.45, 7) is 4.00. The normalized spacial score (nSPS) is 12.4. The Morgan fingerprint density at radius 2 is 1.27 bits per heavy atom. The maximum absolute atomic E-state index is 10.7. The zero-order valence-electron chi connectivity index (χ0n) is 27.8. The Morgan fingerprint density at radius 3 is 1.92 bits per heavy atom. The molecule has 0 N–H and O–H groups in total. The van der Waals surface area contributed by atoms with Crippen LogP contribution in [0, 0.1) is 34.0 Å². The first-order valence-electron chi connectivity index (χ1n) is 16.9. The van der Waals surface area contributed by atoms with E-state index in [1.165, 1.54) is 0 Å². The molecule has 0 spiro atoms. The van der Waals surface area contributed by atoms with Gasteiger partial charge in [0.25, 0.3) is 0 Å². The summed E-state index contributed by atoms with van der Waals surface area (Å²) in [7, 11) is 0. The average molecular weight is 666 g/mol. The van der Waals surface area contributed by atoms with Crippen LogP contribution in [0.2, 0.25) is 0 Å². The summed E-state index contributed by atoms with van der Waals surface area (Å²) in [5.41, 5.74) is 8.54. The molecule has 0 unspecified atom stereocenters. The van der Waals surface area contributed by atoms with Gasteiger partial charge in [-0.25, -0.2) is 0 Å². The Kier molecular flexibility index (Phi) is 7.08. The third-order valence-electron chi connectivity index (χ3n) is 9.90. The molecule has 0 fully saturated rings. The first kappa shape index (κ1) is 30.5. The lowest BCUT2D eigenvalue weighted by molar-refractivity contribution is 0.669. The Morgan fingerprint density at radius 1 is 0.635 bits per heavy atom. The molecule has 0 bridgehead atoms. The molecular weight excluding hydrogens is 639 g/mol. The Hall–Kier alpha value is -7.59. The van der Waals surface area contributed by atoms with E-state index in [2.05, 4.69) is 70.3 Å². The third-order valence-corrected chi connectivity index (χ3v) is 9.90. The van der Waals surface area contributed by atoms with Crippen LogP contribution in [0.15, 0.2) is 156 Å². The van der Waals surface area contributed by atoms with Crippen molar-refractivity contribution >= 4 is 76.8 Å². The highest BCUT2D eigenvalue weighted by atomic mass is 16.3. The quantitative estimate of drug-likeness (QED) is 0.130. The molecule has 6 aromatic carbocycles. The Balaban J connectivity index is 1.38. The van der Waals surface area contributed by atoms with Crippen molar-refractivity contribution in [2.75, 3.05) is 0 Å². The number of nitriles is 3. The summed E-state index contributed by atoms with van der Waals surface area (Å²) in [4.78, 5) is 0. The number of rotatable bonds is 6. The summed E-state index contributed by atoms with van der Waals surface area (Å²) >= 11 is 0. The van der Waals surface area contributed by atoms with Crippen molar-refractivity contribution in [1.82, 2.24) is 9.13 Å². The summed E-state index contributed by atoms with van der Waals surface area (Å²) in [5.74, 6) is 0. The smallest absolute Gasteiger partial charge is 0.137 e. The second-order valence-electron chi connectivity index (χ2n) is 12.6. The van der Waals surface area contributed by atoms with Crippen molar-refractivity contribution in [3.05, 3.63) is 163 Å². The molecule has 0 radical (unpaired) electrons. The van der Waals surface area contributed by atoms with Gasteiger partial charge in [0.05, 0.1) is 57.1 Å². The Labute approximate surface area is 298 Å². The fourth-order valence-electron chi connectivity index (χ4n) is 7.69. The molecule has 0 aliphatic heterocycles. The Bertz CT molecular complexity index is 3110. The van der Waals surface area contributed by atoms with E-state index >= 15 is 0 Å². The minimum absolute atomic E-state index is 0.0172. The van der Waals surface area contributed by atoms with E-state index in [1.807, 2.05) is 91.0 Å². The molecule has 242 valence electrons. The fourth-order valence-corrected chi connectivity index (χ4v) is 7.69. The van der Waals surface area contributed by atoms with Gasteiger partial charge in [-0.2, -0.15) is 15.8 Å². The largest absolute Gasteiger partial charge is 0.456 e. The molecule has 52 heavy (non-hydrogen) atoms. The fraction of sp³-hybridized carbons (Fsp3) is 0.0217. The van der Waals surface area contributed by atoms with Gasteiger partial charge in [0.15, 0.2) is 0 Å². The van der Waals surface area contributed by atoms with Gasteiger partial charge in [0.1, 0.15) is 23.3 Å². The van der Waals surface area contributed by atoms with Crippen LogP contribution in [0.3, 0.4) is 0 Å². The maximum atomic E-state index is 10.7. The van der Waals surface area contributed by atoms with E-state index in [-0.39, 0.29) is 6.42 Å². The molecular formula is C46H27N5O. The predicted octanol–water partition coefficient (Wildman–Crippen LogP) is 11.6. The van der Waals surface area contributed by atoms with Gasteiger partial charge in [-0.05, 0) is 54.1 Å². The van der Waals surface area contributed by atoms with Crippen LogP contribution < -0.4 is 0 Å². The molecule has 6 heteroatoms. The standard InChI is InChI=1S/C46H27N5O/c1-2-29(27-48)42(50-39-18-7-3-13-33(39)34-14-4-8-19-40(34)50)24-30(22-23-47)32-17-11-12-31(28-49)46(32)51-41-20-9-5-15-35(41)37-25-38-36-16-6-10-21-44(36)52-45(38)26-43(37)51/h2-21,24-26H,1,22H2/b30-24+,42-29-. The van der Waals surface area contributed by atoms with E-state index < -0.39 is 0 Å². The van der Waals surface area contributed by atoms with Gasteiger partial charge >= 0.3 is 0 Å². The van der Waals surface area contributed by atoms with Gasteiger partial charge in [-0.15, -0.1) is 0 Å². The van der Waals surface area contributed by atoms with E-state index in [0.29, 0.717) is 33.7 Å². The number of para-hydroxylation sites is 5. The number of aromatic nitrogens is 2. The number of allylic oxidation sites excluding steroid dienone is 5. The van der Waals surface area contributed by atoms with Crippen molar-refractivity contribution < 1.29 is 4.42 Å². The van der Waals surface area contributed by atoms with Gasteiger partial charge in [-0.1, -0.05) is 91.5 Å². The molecule has 3 aromatic heterocycles. The van der Waals surface area contributed by atoms with E-state index in [0.717, 1.165) is 65.6 Å². The SMILES string of the molecule is C=C/C(C#N)=C(\C=C(/CC#N)c1cccc(C#N)c1-n1c2ccccc2c2cc3c(cc21)oc1ccccc13)n1c2ccccc2c2ccccc21. The van der Waals surface area contributed by atoms with Gasteiger partial charge < -0.3 is 13.6 Å². The second-order valence-corrected chi connectivity index (χ2v) is 12.6. The average Bonchev–Trinajstić information content (AvgIpc) is 3.83. The summed E-state index contributed by atoms with van der Waals surface area (Å²) in [6.07, 6.45) is 3.48. The molecule has 0 saturated heterocycles. The van der Waals surface area contributed by atoms with Crippen molar-refractivity contribution in [3.63, 3.8) is 0 Å². The van der Waals surface area contributed by atoms with Crippen molar-refractivity contribution in [2.45, 2.75) is 6.42 Å². The van der Waals surface area contributed by atoms with Gasteiger partial charge in [0, 0.05) is 43.9 Å².